The number of hydrogen-bond acceptors (Lipinski definition) is 5. The summed E-state index contributed by atoms with van der Waals surface area (Å²) in [5, 5.41) is 5.36. The molecule has 2 rings (SSSR count). The van der Waals surface area contributed by atoms with Gasteiger partial charge in [-0.2, -0.15) is 0 Å². The predicted molar refractivity (Wildman–Crippen MR) is 104 cm³/mol. The Morgan fingerprint density at radius 1 is 1.15 bits per heavy atom. The van der Waals surface area contributed by atoms with Gasteiger partial charge in [-0.15, -0.1) is 0 Å². The van der Waals surface area contributed by atoms with Crippen molar-refractivity contribution in [2.75, 3.05) is 22.4 Å². The van der Waals surface area contributed by atoms with E-state index in [4.69, 9.17) is 0 Å². The van der Waals surface area contributed by atoms with Crippen molar-refractivity contribution in [3.63, 3.8) is 0 Å². The minimum atomic E-state index is -3.59. The second-order valence-electron chi connectivity index (χ2n) is 5.95. The summed E-state index contributed by atoms with van der Waals surface area (Å²) in [6, 6.07) is 10.0. The quantitative estimate of drug-likeness (QED) is 0.710. The second-order valence-corrected chi connectivity index (χ2v) is 7.86. The summed E-state index contributed by atoms with van der Waals surface area (Å²) in [4.78, 5) is 27.2. The number of anilines is 2. The number of nitrogens with zero attached hydrogens (tertiary/aromatic N) is 2. The van der Waals surface area contributed by atoms with Gasteiger partial charge in [0, 0.05) is 44.5 Å². The van der Waals surface area contributed by atoms with Crippen molar-refractivity contribution in [2.24, 2.45) is 0 Å². The van der Waals surface area contributed by atoms with E-state index in [2.05, 4.69) is 15.6 Å². The van der Waals surface area contributed by atoms with Crippen LogP contribution < -0.4 is 14.9 Å². The third-order valence-electron chi connectivity index (χ3n) is 3.64. The molecule has 0 aliphatic carbocycles. The lowest BCUT2D eigenvalue weighted by molar-refractivity contribution is -0.121. The van der Waals surface area contributed by atoms with Gasteiger partial charge in [0.25, 0.3) is 0 Å². The monoisotopic (exact) mass is 390 g/mol. The molecule has 0 unspecified atom stereocenters. The van der Waals surface area contributed by atoms with Crippen molar-refractivity contribution in [3.8, 4) is 0 Å². The van der Waals surface area contributed by atoms with Crippen LogP contribution >= 0.6 is 0 Å². The van der Waals surface area contributed by atoms with Crippen LogP contribution in [0, 0.1) is 0 Å². The Kier molecular flexibility index (Phi) is 6.89. The lowest BCUT2D eigenvalue weighted by Gasteiger charge is -2.22. The van der Waals surface area contributed by atoms with Gasteiger partial charge in [-0.05, 0) is 35.9 Å². The summed E-state index contributed by atoms with van der Waals surface area (Å²) in [5.41, 5.74) is 1.77. The van der Waals surface area contributed by atoms with E-state index >= 15 is 0 Å². The molecule has 9 heteroatoms. The first kappa shape index (κ1) is 20.4. The van der Waals surface area contributed by atoms with Gasteiger partial charge in [-0.3, -0.25) is 18.9 Å². The lowest BCUT2D eigenvalue weighted by Crippen LogP contribution is -2.34. The topological polar surface area (TPSA) is 108 Å². The fourth-order valence-electron chi connectivity index (χ4n) is 2.42. The minimum absolute atomic E-state index is 0.00250. The summed E-state index contributed by atoms with van der Waals surface area (Å²) in [6.45, 7) is 1.71. The number of hydrogen-bond donors (Lipinski definition) is 2. The van der Waals surface area contributed by atoms with Crippen LogP contribution in [0.15, 0.2) is 48.8 Å². The van der Waals surface area contributed by atoms with Crippen LogP contribution in [0.4, 0.5) is 11.4 Å². The number of amides is 2. The molecule has 8 nitrogen and oxygen atoms in total. The Balaban J connectivity index is 2.03. The van der Waals surface area contributed by atoms with Crippen molar-refractivity contribution >= 4 is 33.2 Å². The third kappa shape index (κ3) is 6.70. The average Bonchev–Trinajstić information content (AvgIpc) is 2.59. The Bertz CT molecular complexity index is 901. The number of sulfonamides is 1. The molecule has 1 heterocycles. The molecule has 1 aromatic carbocycles. The summed E-state index contributed by atoms with van der Waals surface area (Å²) in [6.07, 6.45) is 4.35. The van der Waals surface area contributed by atoms with Crippen LogP contribution in [0.1, 0.15) is 18.9 Å². The third-order valence-corrected chi connectivity index (χ3v) is 4.83. The zero-order valence-electron chi connectivity index (χ0n) is 15.2. The molecule has 2 amide bonds. The molecule has 2 N–H and O–H groups in total. The first-order chi connectivity index (χ1) is 12.8. The largest absolute Gasteiger partial charge is 0.352 e. The number of aromatic nitrogens is 1. The maximum Gasteiger partial charge on any atom is 0.232 e. The molecule has 27 heavy (non-hydrogen) atoms. The van der Waals surface area contributed by atoms with Crippen molar-refractivity contribution in [1.82, 2.24) is 10.3 Å². The molecule has 0 aliphatic heterocycles. The van der Waals surface area contributed by atoms with Crippen LogP contribution in [0.5, 0.6) is 0 Å². The molecule has 0 saturated heterocycles. The highest BCUT2D eigenvalue weighted by molar-refractivity contribution is 7.92. The van der Waals surface area contributed by atoms with E-state index < -0.39 is 10.0 Å². The zero-order chi connectivity index (χ0) is 19.9. The Morgan fingerprint density at radius 2 is 1.85 bits per heavy atom. The number of nitrogens with one attached hydrogen (secondary N) is 2. The minimum Gasteiger partial charge on any atom is -0.352 e. The molecule has 0 aliphatic rings. The number of pyridine rings is 1. The molecular weight excluding hydrogens is 368 g/mol. The average molecular weight is 390 g/mol. The van der Waals surface area contributed by atoms with E-state index in [-0.39, 0.29) is 24.8 Å². The smallest absolute Gasteiger partial charge is 0.232 e. The van der Waals surface area contributed by atoms with Crippen LogP contribution in [0.3, 0.4) is 0 Å². The number of rotatable bonds is 8. The van der Waals surface area contributed by atoms with Crippen molar-refractivity contribution in [2.45, 2.75) is 19.9 Å². The van der Waals surface area contributed by atoms with Gasteiger partial charge in [-0.25, -0.2) is 8.42 Å². The second kappa shape index (κ2) is 9.13. The van der Waals surface area contributed by atoms with E-state index in [0.29, 0.717) is 17.9 Å². The molecule has 0 radical (unpaired) electrons. The van der Waals surface area contributed by atoms with E-state index in [9.17, 15) is 18.0 Å². The fraction of sp³-hybridized carbons (Fsp3) is 0.278. The highest BCUT2D eigenvalue weighted by atomic mass is 32.2. The van der Waals surface area contributed by atoms with Gasteiger partial charge in [0.05, 0.1) is 11.9 Å². The predicted octanol–water partition coefficient (Wildman–Crippen LogP) is 1.51. The maximum absolute atomic E-state index is 12.2. The SMILES string of the molecule is CC(=O)Nc1cccc(N(CCC(=O)NCc2ccncc2)S(C)(=O)=O)c1. The lowest BCUT2D eigenvalue weighted by atomic mass is 10.2. The molecule has 0 fully saturated rings. The summed E-state index contributed by atoms with van der Waals surface area (Å²) < 4.78 is 25.5. The van der Waals surface area contributed by atoms with Crippen LogP contribution in [0.25, 0.3) is 0 Å². The highest BCUT2D eigenvalue weighted by Gasteiger charge is 2.19. The van der Waals surface area contributed by atoms with Crippen molar-refractivity contribution < 1.29 is 18.0 Å². The molecule has 0 saturated carbocycles. The van der Waals surface area contributed by atoms with Gasteiger partial charge in [0.2, 0.25) is 21.8 Å². The van der Waals surface area contributed by atoms with Crippen molar-refractivity contribution in [3.05, 3.63) is 54.4 Å². The number of carbonyl (C=O) groups is 2. The van der Waals surface area contributed by atoms with E-state index in [1.807, 2.05) is 0 Å². The molecule has 1 aromatic heterocycles. The molecule has 0 atom stereocenters. The highest BCUT2D eigenvalue weighted by Crippen LogP contribution is 2.22. The van der Waals surface area contributed by atoms with Gasteiger partial charge in [0.15, 0.2) is 0 Å². The molecule has 2 aromatic rings. The van der Waals surface area contributed by atoms with Crippen LogP contribution in [0.2, 0.25) is 0 Å². The molecule has 144 valence electrons. The van der Waals surface area contributed by atoms with Gasteiger partial charge in [0.1, 0.15) is 0 Å². The van der Waals surface area contributed by atoms with Gasteiger partial charge >= 0.3 is 0 Å². The number of benzene rings is 1. The normalized spacial score (nSPS) is 10.9. The van der Waals surface area contributed by atoms with E-state index in [1.165, 1.54) is 6.92 Å². The van der Waals surface area contributed by atoms with Crippen LogP contribution in [-0.4, -0.2) is 38.0 Å². The maximum atomic E-state index is 12.2. The van der Waals surface area contributed by atoms with Crippen LogP contribution in [-0.2, 0) is 26.2 Å². The first-order valence-corrected chi connectivity index (χ1v) is 10.1. The Labute approximate surface area is 158 Å². The summed E-state index contributed by atoms with van der Waals surface area (Å²) in [5.74, 6) is -0.521. The molecule has 0 bridgehead atoms. The van der Waals surface area contributed by atoms with Crippen molar-refractivity contribution in [1.29, 1.82) is 0 Å². The summed E-state index contributed by atoms with van der Waals surface area (Å²) >= 11 is 0. The van der Waals surface area contributed by atoms with E-state index in [1.54, 1.807) is 48.8 Å². The van der Waals surface area contributed by atoms with E-state index in [0.717, 1.165) is 16.1 Å². The standard InChI is InChI=1S/C18H22N4O4S/c1-14(23)21-16-4-3-5-17(12-16)22(27(2,25)26)11-8-18(24)20-13-15-6-9-19-10-7-15/h3-7,9-10,12H,8,11,13H2,1-2H3,(H,20,24)(H,21,23). The summed E-state index contributed by atoms with van der Waals surface area (Å²) in [7, 11) is -3.59. The molecular formula is C18H22N4O4S. The Hall–Kier alpha value is -2.94. The first-order valence-electron chi connectivity index (χ1n) is 8.26. The molecule has 0 spiro atoms. The zero-order valence-corrected chi connectivity index (χ0v) is 16.0. The van der Waals surface area contributed by atoms with Gasteiger partial charge in [-0.1, -0.05) is 6.07 Å². The van der Waals surface area contributed by atoms with Gasteiger partial charge < -0.3 is 10.6 Å². The fourth-order valence-corrected chi connectivity index (χ4v) is 3.34. The number of carbonyl (C=O) groups excluding carboxylic acids is 2. The Morgan fingerprint density at radius 3 is 2.48 bits per heavy atom.